The maximum Gasteiger partial charge on any atom is 0.0496 e. The third-order valence-corrected chi connectivity index (χ3v) is 4.99. The minimum atomic E-state index is 0.487. The molecule has 1 heteroatoms. The zero-order valence-electron chi connectivity index (χ0n) is 14.8. The molecule has 1 saturated carbocycles. The van der Waals surface area contributed by atoms with Crippen molar-refractivity contribution in [1.82, 2.24) is 5.32 Å². The number of aryl methyl sites for hydroxylation is 1. The molecule has 1 N–H and O–H groups in total. The fourth-order valence-corrected chi connectivity index (χ4v) is 3.46. The maximum absolute atomic E-state index is 4.17. The predicted molar refractivity (Wildman–Crippen MR) is 101 cm³/mol. The number of unbranched alkanes of at least 4 members (excludes halogenated alkanes) is 5. The first-order valence-electron chi connectivity index (χ1n) is 9.32. The summed E-state index contributed by atoms with van der Waals surface area (Å²) in [7, 11) is 0. The summed E-state index contributed by atoms with van der Waals surface area (Å²) >= 11 is 0. The molecular formula is C22H33N. The Hall–Kier alpha value is -1.50. The monoisotopic (exact) mass is 311 g/mol. The van der Waals surface area contributed by atoms with E-state index >= 15 is 0 Å². The average molecular weight is 312 g/mol. The molecule has 2 atom stereocenters. The van der Waals surface area contributed by atoms with E-state index in [0.717, 1.165) is 12.3 Å². The molecule has 0 amide bonds. The van der Waals surface area contributed by atoms with Gasteiger partial charge in [0.2, 0.25) is 0 Å². The van der Waals surface area contributed by atoms with Crippen LogP contribution in [0.15, 0.2) is 54.8 Å². The van der Waals surface area contributed by atoms with Crippen molar-refractivity contribution in [1.29, 1.82) is 0 Å². The van der Waals surface area contributed by atoms with Gasteiger partial charge in [0, 0.05) is 11.7 Å². The van der Waals surface area contributed by atoms with Crippen LogP contribution in [-0.4, -0.2) is 6.04 Å². The first kappa shape index (κ1) is 17.8. The van der Waals surface area contributed by atoms with E-state index in [0.29, 0.717) is 6.04 Å². The third kappa shape index (κ3) is 6.25. The number of rotatable bonds is 11. The van der Waals surface area contributed by atoms with Gasteiger partial charge in [-0.2, -0.15) is 0 Å². The molecule has 1 nitrogen and oxygen atoms in total. The SMILES string of the molecule is C=C(CCCCCCCCc1ccccc1)NC1C(=C)CC1C. The second kappa shape index (κ2) is 9.60. The quantitative estimate of drug-likeness (QED) is 0.389. The topological polar surface area (TPSA) is 12.0 Å². The van der Waals surface area contributed by atoms with Gasteiger partial charge in [0.25, 0.3) is 0 Å². The van der Waals surface area contributed by atoms with Crippen molar-refractivity contribution in [3.8, 4) is 0 Å². The van der Waals surface area contributed by atoms with E-state index in [9.17, 15) is 0 Å². The van der Waals surface area contributed by atoms with E-state index in [4.69, 9.17) is 0 Å². The van der Waals surface area contributed by atoms with Gasteiger partial charge >= 0.3 is 0 Å². The molecule has 1 aliphatic rings. The van der Waals surface area contributed by atoms with Crippen LogP contribution in [0, 0.1) is 5.92 Å². The summed E-state index contributed by atoms with van der Waals surface area (Å²) < 4.78 is 0. The van der Waals surface area contributed by atoms with Crippen LogP contribution in [0.25, 0.3) is 0 Å². The highest BCUT2D eigenvalue weighted by atomic mass is 14.9. The van der Waals surface area contributed by atoms with Crippen LogP contribution in [0.1, 0.15) is 63.9 Å². The van der Waals surface area contributed by atoms with Crippen LogP contribution in [0.2, 0.25) is 0 Å². The minimum Gasteiger partial charge on any atom is -0.382 e. The third-order valence-electron chi connectivity index (χ3n) is 4.99. The number of benzene rings is 1. The Bertz CT molecular complexity index is 488. The van der Waals surface area contributed by atoms with E-state index < -0.39 is 0 Å². The normalized spacial score (nSPS) is 20.1. The molecule has 126 valence electrons. The molecule has 0 spiro atoms. The fraction of sp³-hybridized carbons (Fsp3) is 0.545. The zero-order valence-corrected chi connectivity index (χ0v) is 14.8. The van der Waals surface area contributed by atoms with Crippen LogP contribution in [0.4, 0.5) is 0 Å². The Kier molecular flexibility index (Phi) is 7.45. The second-order valence-corrected chi connectivity index (χ2v) is 7.17. The molecular weight excluding hydrogens is 278 g/mol. The lowest BCUT2D eigenvalue weighted by molar-refractivity contribution is 0.342. The van der Waals surface area contributed by atoms with Crippen molar-refractivity contribution >= 4 is 0 Å². The summed E-state index contributed by atoms with van der Waals surface area (Å²) in [5, 5.41) is 3.55. The number of nitrogens with one attached hydrogen (secondary N) is 1. The highest BCUT2D eigenvalue weighted by Gasteiger charge is 2.30. The van der Waals surface area contributed by atoms with Gasteiger partial charge in [-0.3, -0.25) is 0 Å². The molecule has 2 unspecified atom stereocenters. The summed E-state index contributed by atoms with van der Waals surface area (Å²) in [6, 6.07) is 11.3. The lowest BCUT2D eigenvalue weighted by Gasteiger charge is -2.38. The van der Waals surface area contributed by atoms with E-state index in [2.05, 4.69) is 55.7 Å². The molecule has 1 aromatic carbocycles. The highest BCUT2D eigenvalue weighted by Crippen LogP contribution is 2.32. The smallest absolute Gasteiger partial charge is 0.0496 e. The van der Waals surface area contributed by atoms with Crippen LogP contribution < -0.4 is 5.32 Å². The van der Waals surface area contributed by atoms with Crippen molar-refractivity contribution < 1.29 is 0 Å². The molecule has 1 aliphatic carbocycles. The van der Waals surface area contributed by atoms with Crippen molar-refractivity contribution in [2.75, 3.05) is 0 Å². The Morgan fingerprint density at radius 2 is 1.70 bits per heavy atom. The van der Waals surface area contributed by atoms with Gasteiger partial charge in [-0.25, -0.2) is 0 Å². The molecule has 0 bridgehead atoms. The minimum absolute atomic E-state index is 0.487. The van der Waals surface area contributed by atoms with Gasteiger partial charge in [0.15, 0.2) is 0 Å². The van der Waals surface area contributed by atoms with Gasteiger partial charge in [-0.1, -0.05) is 81.7 Å². The van der Waals surface area contributed by atoms with Gasteiger partial charge in [0.05, 0.1) is 0 Å². The Balaban J connectivity index is 1.42. The molecule has 23 heavy (non-hydrogen) atoms. The molecule has 1 aromatic rings. The number of allylic oxidation sites excluding steroid dienone is 1. The molecule has 2 rings (SSSR count). The van der Waals surface area contributed by atoms with E-state index in [-0.39, 0.29) is 0 Å². The van der Waals surface area contributed by atoms with Crippen LogP contribution in [0.3, 0.4) is 0 Å². The molecule has 0 aliphatic heterocycles. The Morgan fingerprint density at radius 1 is 1.04 bits per heavy atom. The van der Waals surface area contributed by atoms with Crippen molar-refractivity contribution in [3.63, 3.8) is 0 Å². The van der Waals surface area contributed by atoms with Crippen LogP contribution >= 0.6 is 0 Å². The summed E-state index contributed by atoms with van der Waals surface area (Å²) in [6.07, 6.45) is 11.5. The summed E-state index contributed by atoms with van der Waals surface area (Å²) in [5.74, 6) is 0.726. The number of hydrogen-bond donors (Lipinski definition) is 1. The van der Waals surface area contributed by atoms with Crippen LogP contribution in [0.5, 0.6) is 0 Å². The summed E-state index contributed by atoms with van der Waals surface area (Å²) in [5.41, 5.74) is 4.02. The van der Waals surface area contributed by atoms with Gasteiger partial charge in [-0.15, -0.1) is 0 Å². The first-order chi connectivity index (χ1) is 11.2. The van der Waals surface area contributed by atoms with Gasteiger partial charge < -0.3 is 5.32 Å². The summed E-state index contributed by atoms with van der Waals surface area (Å²) in [6.45, 7) is 10.6. The molecule has 1 fully saturated rings. The molecule has 0 radical (unpaired) electrons. The van der Waals surface area contributed by atoms with Crippen LogP contribution in [-0.2, 0) is 6.42 Å². The molecule has 0 saturated heterocycles. The average Bonchev–Trinajstić information content (AvgIpc) is 2.56. The Labute approximate surface area is 142 Å². The lowest BCUT2D eigenvalue weighted by atomic mass is 9.76. The first-order valence-corrected chi connectivity index (χ1v) is 9.32. The summed E-state index contributed by atoms with van der Waals surface area (Å²) in [4.78, 5) is 0. The van der Waals surface area contributed by atoms with Crippen molar-refractivity contribution in [2.24, 2.45) is 5.92 Å². The standard InChI is InChI=1S/C22H33N/c1-18-17-19(2)22(18)23-20(3)13-9-6-4-5-7-10-14-21-15-11-8-12-16-21/h8,11-12,15-16,19,22-23H,1,3-7,9-10,13-14,17H2,2H3. The van der Waals surface area contributed by atoms with E-state index in [1.165, 1.54) is 68.2 Å². The predicted octanol–water partition coefficient (Wildman–Crippen LogP) is 6.03. The largest absolute Gasteiger partial charge is 0.382 e. The lowest BCUT2D eigenvalue weighted by Crippen LogP contribution is -2.43. The zero-order chi connectivity index (χ0) is 16.5. The van der Waals surface area contributed by atoms with E-state index in [1.54, 1.807) is 0 Å². The molecule has 0 aromatic heterocycles. The fourth-order valence-electron chi connectivity index (χ4n) is 3.46. The van der Waals surface area contributed by atoms with Crippen molar-refractivity contribution in [2.45, 2.75) is 70.8 Å². The van der Waals surface area contributed by atoms with Gasteiger partial charge in [0.1, 0.15) is 0 Å². The Morgan fingerprint density at radius 3 is 2.35 bits per heavy atom. The molecule has 0 heterocycles. The second-order valence-electron chi connectivity index (χ2n) is 7.17. The number of hydrogen-bond acceptors (Lipinski definition) is 1. The maximum atomic E-state index is 4.17. The highest BCUT2D eigenvalue weighted by molar-refractivity contribution is 5.21. The van der Waals surface area contributed by atoms with Crippen molar-refractivity contribution in [3.05, 3.63) is 60.3 Å². The van der Waals surface area contributed by atoms with E-state index in [1.807, 2.05) is 0 Å². The van der Waals surface area contributed by atoms with Gasteiger partial charge in [-0.05, 0) is 43.6 Å².